The lowest BCUT2D eigenvalue weighted by Crippen LogP contribution is -2.42. The van der Waals surface area contributed by atoms with Gasteiger partial charge in [-0.25, -0.2) is 15.0 Å². The Labute approximate surface area is 292 Å². The van der Waals surface area contributed by atoms with E-state index >= 15 is 0 Å². The van der Waals surface area contributed by atoms with Gasteiger partial charge in [0.05, 0.1) is 5.56 Å². The predicted octanol–water partition coefficient (Wildman–Crippen LogP) is 11.4. The summed E-state index contributed by atoms with van der Waals surface area (Å²) in [6, 6.07) is 41.8. The van der Waals surface area contributed by atoms with Gasteiger partial charge in [0.2, 0.25) is 0 Å². The quantitative estimate of drug-likeness (QED) is 0.185. The second kappa shape index (κ2) is 12.1. The smallest absolute Gasteiger partial charge is 0.164 e. The molecule has 2 fully saturated rings. The van der Waals surface area contributed by atoms with E-state index < -0.39 is 0 Å². The largest absolute Gasteiger partial charge is 0.455 e. The number of hydrogen-bond acceptors (Lipinski definition) is 5. The highest BCUT2D eigenvalue weighted by molar-refractivity contribution is 6.07. The van der Waals surface area contributed by atoms with E-state index in [1.165, 1.54) is 37.7 Å². The van der Waals surface area contributed by atoms with Crippen LogP contribution >= 0.6 is 0 Å². The number of hydrogen-bond donors (Lipinski definition) is 0. The minimum absolute atomic E-state index is 0.295. The van der Waals surface area contributed by atoms with Crippen LogP contribution in [0.2, 0.25) is 0 Å². The van der Waals surface area contributed by atoms with Gasteiger partial charge in [0.25, 0.3) is 0 Å². The number of benzene rings is 5. The first-order valence-electron chi connectivity index (χ1n) is 17.8. The summed E-state index contributed by atoms with van der Waals surface area (Å²) in [5, 5.41) is 11.5. The van der Waals surface area contributed by atoms with Crippen LogP contribution in [0.15, 0.2) is 120 Å². The van der Waals surface area contributed by atoms with Crippen LogP contribution in [0.3, 0.4) is 0 Å². The summed E-state index contributed by atoms with van der Waals surface area (Å²) in [6.07, 6.45) is 6.67. The van der Waals surface area contributed by atoms with Gasteiger partial charge >= 0.3 is 0 Å². The SMILES string of the molecule is C[C@@H]1CC2C[C@H](C)CC(c3ccc(-c4ccccc4-c4nc(-c5ccccc5)nc(-c5ccc6oc7c(C#N)cccc7c6c5)n4)cc3)(C2)C1. The Bertz CT molecular complexity index is 2400. The summed E-state index contributed by atoms with van der Waals surface area (Å²) in [5.74, 6) is 4.23. The minimum atomic E-state index is 0.295. The third kappa shape index (κ3) is 5.27. The van der Waals surface area contributed by atoms with Crippen LogP contribution in [0.25, 0.3) is 67.2 Å². The topological polar surface area (TPSA) is 75.6 Å². The maximum Gasteiger partial charge on any atom is 0.164 e. The Kier molecular flexibility index (Phi) is 7.35. The van der Waals surface area contributed by atoms with Crippen molar-refractivity contribution in [1.29, 1.82) is 5.26 Å². The van der Waals surface area contributed by atoms with Crippen LogP contribution < -0.4 is 0 Å². The van der Waals surface area contributed by atoms with Gasteiger partial charge in [-0.3, -0.25) is 0 Å². The zero-order valence-electron chi connectivity index (χ0n) is 28.4. The molecule has 2 aliphatic carbocycles. The molecule has 9 rings (SSSR count). The van der Waals surface area contributed by atoms with Crippen molar-refractivity contribution in [3.63, 3.8) is 0 Å². The fourth-order valence-corrected chi connectivity index (χ4v) is 9.36. The first-order chi connectivity index (χ1) is 24.5. The van der Waals surface area contributed by atoms with Gasteiger partial charge in [0, 0.05) is 27.5 Å². The van der Waals surface area contributed by atoms with Gasteiger partial charge in [-0.15, -0.1) is 0 Å². The van der Waals surface area contributed by atoms with E-state index in [1.807, 2.05) is 54.6 Å². The molecule has 0 saturated heterocycles. The first kappa shape index (κ1) is 30.5. The van der Waals surface area contributed by atoms with Crippen molar-refractivity contribution >= 4 is 21.9 Å². The van der Waals surface area contributed by atoms with Crippen molar-refractivity contribution in [2.45, 2.75) is 51.4 Å². The molecule has 7 aromatic rings. The highest BCUT2D eigenvalue weighted by Crippen LogP contribution is 2.54. The summed E-state index contributed by atoms with van der Waals surface area (Å²) in [5.41, 5.74) is 8.63. The van der Waals surface area contributed by atoms with Crippen LogP contribution in [-0.4, -0.2) is 15.0 Å². The molecular formula is C45H38N4O. The van der Waals surface area contributed by atoms with Gasteiger partial charge in [0.15, 0.2) is 23.1 Å². The molecule has 5 aromatic carbocycles. The standard InChI is InChI=1S/C45H38N4O/c1-28-21-30-22-29(2)25-45(24-28,26-30)35-18-15-31(16-19-35)36-12-6-7-13-38(36)44-48-42(32-9-4-3-5-10-32)47-43(49-44)33-17-20-40-39(23-33)37-14-8-11-34(27-46)41(37)50-40/h3-20,23,28-30H,21-22,24-26H2,1-2H3/t28-,29+,30?,45?. The Morgan fingerprint density at radius 2 is 1.28 bits per heavy atom. The van der Waals surface area contributed by atoms with Crippen LogP contribution in [0.4, 0.5) is 0 Å². The second-order valence-corrected chi connectivity index (χ2v) is 14.8. The molecule has 2 aliphatic rings. The second-order valence-electron chi connectivity index (χ2n) is 14.8. The molecule has 2 unspecified atom stereocenters. The lowest BCUT2D eigenvalue weighted by Gasteiger charge is -2.50. The lowest BCUT2D eigenvalue weighted by atomic mass is 9.54. The van der Waals surface area contributed by atoms with E-state index in [0.29, 0.717) is 34.0 Å². The van der Waals surface area contributed by atoms with Gasteiger partial charge in [-0.05, 0) is 96.2 Å². The van der Waals surface area contributed by atoms with Crippen molar-refractivity contribution in [1.82, 2.24) is 15.0 Å². The van der Waals surface area contributed by atoms with E-state index in [1.54, 1.807) is 6.07 Å². The van der Waals surface area contributed by atoms with Crippen LogP contribution in [0.1, 0.15) is 57.1 Å². The molecule has 0 amide bonds. The number of nitrogens with zero attached hydrogens (tertiary/aromatic N) is 4. The summed E-state index contributed by atoms with van der Waals surface area (Å²) in [7, 11) is 0. The molecule has 2 aromatic heterocycles. The third-order valence-corrected chi connectivity index (χ3v) is 11.1. The fraction of sp³-hybridized carbons (Fsp3) is 0.244. The fourth-order valence-electron chi connectivity index (χ4n) is 9.36. The Morgan fingerprint density at radius 3 is 2.02 bits per heavy atom. The van der Waals surface area contributed by atoms with Gasteiger partial charge in [0.1, 0.15) is 11.7 Å². The number of aromatic nitrogens is 3. The molecule has 2 heterocycles. The normalized spacial score (nSPS) is 21.7. The monoisotopic (exact) mass is 650 g/mol. The Morgan fingerprint density at radius 1 is 0.620 bits per heavy atom. The molecule has 0 spiro atoms. The van der Waals surface area contributed by atoms with Crippen molar-refractivity contribution in [3.05, 3.63) is 126 Å². The highest BCUT2D eigenvalue weighted by Gasteiger charge is 2.45. The average Bonchev–Trinajstić information content (AvgIpc) is 3.53. The molecule has 4 atom stereocenters. The third-order valence-electron chi connectivity index (χ3n) is 11.1. The molecule has 5 heteroatoms. The molecule has 50 heavy (non-hydrogen) atoms. The molecule has 2 saturated carbocycles. The van der Waals surface area contributed by atoms with E-state index in [9.17, 15) is 5.26 Å². The molecular weight excluding hydrogens is 613 g/mol. The molecule has 244 valence electrons. The number of para-hydroxylation sites is 1. The first-order valence-corrected chi connectivity index (χ1v) is 17.8. The van der Waals surface area contributed by atoms with Crippen LogP contribution in [0, 0.1) is 29.1 Å². The zero-order valence-corrected chi connectivity index (χ0v) is 28.4. The van der Waals surface area contributed by atoms with Crippen molar-refractivity contribution in [2.75, 3.05) is 0 Å². The van der Waals surface area contributed by atoms with Crippen molar-refractivity contribution in [3.8, 4) is 51.4 Å². The molecule has 0 radical (unpaired) electrons. The molecule has 0 N–H and O–H groups in total. The number of fused-ring (bicyclic) bond motifs is 5. The van der Waals surface area contributed by atoms with E-state index in [-0.39, 0.29) is 0 Å². The number of nitriles is 1. The summed E-state index contributed by atoms with van der Waals surface area (Å²) in [6.45, 7) is 4.91. The maximum absolute atomic E-state index is 9.67. The van der Waals surface area contributed by atoms with Crippen LogP contribution in [0.5, 0.6) is 0 Å². The molecule has 2 bridgehead atoms. The lowest BCUT2D eigenvalue weighted by molar-refractivity contribution is 0.0780. The van der Waals surface area contributed by atoms with Gasteiger partial charge < -0.3 is 4.42 Å². The Hall–Kier alpha value is -5.60. The number of furan rings is 1. The highest BCUT2D eigenvalue weighted by atomic mass is 16.3. The minimum Gasteiger partial charge on any atom is -0.455 e. The van der Waals surface area contributed by atoms with Crippen LogP contribution in [-0.2, 0) is 5.41 Å². The molecule has 0 aliphatic heterocycles. The van der Waals surface area contributed by atoms with Crippen molar-refractivity contribution < 1.29 is 4.42 Å². The summed E-state index contributed by atoms with van der Waals surface area (Å²) in [4.78, 5) is 15.2. The van der Waals surface area contributed by atoms with E-state index in [4.69, 9.17) is 19.4 Å². The molecule has 5 nitrogen and oxygen atoms in total. The maximum atomic E-state index is 9.67. The van der Waals surface area contributed by atoms with E-state index in [0.717, 1.165) is 61.9 Å². The van der Waals surface area contributed by atoms with Gasteiger partial charge in [-0.2, -0.15) is 5.26 Å². The van der Waals surface area contributed by atoms with Crippen molar-refractivity contribution in [2.24, 2.45) is 17.8 Å². The summed E-state index contributed by atoms with van der Waals surface area (Å²) >= 11 is 0. The van der Waals surface area contributed by atoms with Gasteiger partial charge in [-0.1, -0.05) is 105 Å². The zero-order chi connectivity index (χ0) is 33.8. The average molecular weight is 651 g/mol. The Balaban J connectivity index is 1.15. The van der Waals surface area contributed by atoms with E-state index in [2.05, 4.69) is 74.5 Å². The number of rotatable bonds is 5. The predicted molar refractivity (Wildman–Crippen MR) is 200 cm³/mol. The summed E-state index contributed by atoms with van der Waals surface area (Å²) < 4.78 is 6.12.